The first kappa shape index (κ1) is 16.2. The Morgan fingerprint density at radius 2 is 1.95 bits per heavy atom. The highest BCUT2D eigenvalue weighted by atomic mass is 16.5. The molecule has 2 heterocycles. The van der Waals surface area contributed by atoms with Gasteiger partial charge in [-0.15, -0.1) is 0 Å². The average molecular weight is 300 g/mol. The fourth-order valence-corrected chi connectivity index (χ4v) is 2.90. The maximum Gasteiger partial charge on any atom is 0.310 e. The maximum absolute atomic E-state index is 12.1. The number of carbonyl (C=O) groups excluding carboxylic acids is 1. The molecule has 2 aliphatic rings. The number of hydrogen-bond donors (Lipinski definition) is 2. The third kappa shape index (κ3) is 4.39. The van der Waals surface area contributed by atoms with E-state index in [4.69, 9.17) is 9.47 Å². The fraction of sp³-hybridized carbons (Fsp3) is 0.857. The molecule has 0 bridgehead atoms. The van der Waals surface area contributed by atoms with Crippen molar-refractivity contribution < 1.29 is 24.2 Å². The molecule has 0 aromatic carbocycles. The van der Waals surface area contributed by atoms with Crippen LogP contribution in [0.1, 0.15) is 19.8 Å². The van der Waals surface area contributed by atoms with Gasteiger partial charge in [0.1, 0.15) is 0 Å². The summed E-state index contributed by atoms with van der Waals surface area (Å²) in [5, 5.41) is 12.2. The number of carbonyl (C=O) groups is 2. The lowest BCUT2D eigenvalue weighted by atomic mass is 10.0. The summed E-state index contributed by atoms with van der Waals surface area (Å²) >= 11 is 0. The van der Waals surface area contributed by atoms with E-state index in [2.05, 4.69) is 5.32 Å². The van der Waals surface area contributed by atoms with E-state index in [0.29, 0.717) is 26.4 Å². The summed E-state index contributed by atoms with van der Waals surface area (Å²) in [6.45, 7) is 4.72. The quantitative estimate of drug-likeness (QED) is 0.700. The van der Waals surface area contributed by atoms with Gasteiger partial charge in [-0.05, 0) is 19.4 Å². The number of hydrogen-bond acceptors (Lipinski definition) is 5. The molecule has 1 amide bonds. The van der Waals surface area contributed by atoms with Crippen LogP contribution in [0.4, 0.5) is 0 Å². The minimum absolute atomic E-state index is 0.0558. The van der Waals surface area contributed by atoms with Gasteiger partial charge >= 0.3 is 5.97 Å². The van der Waals surface area contributed by atoms with Gasteiger partial charge in [-0.25, -0.2) is 0 Å². The zero-order valence-electron chi connectivity index (χ0n) is 12.4. The van der Waals surface area contributed by atoms with Crippen LogP contribution in [0.5, 0.6) is 0 Å². The average Bonchev–Trinajstić information content (AvgIpc) is 2.95. The minimum Gasteiger partial charge on any atom is -0.481 e. The summed E-state index contributed by atoms with van der Waals surface area (Å²) < 4.78 is 10.5. The highest BCUT2D eigenvalue weighted by Gasteiger charge is 2.38. The summed E-state index contributed by atoms with van der Waals surface area (Å²) in [4.78, 5) is 25.2. The van der Waals surface area contributed by atoms with Crippen LogP contribution >= 0.6 is 0 Å². The maximum atomic E-state index is 12.1. The smallest absolute Gasteiger partial charge is 0.310 e. The van der Waals surface area contributed by atoms with Crippen molar-refractivity contribution in [1.29, 1.82) is 0 Å². The molecule has 2 atom stereocenters. The van der Waals surface area contributed by atoms with Crippen molar-refractivity contribution in [3.05, 3.63) is 0 Å². The Hall–Kier alpha value is -1.18. The number of likely N-dealkylation sites (N-methyl/N-ethyl adjacent to an activating group) is 1. The third-order valence-corrected chi connectivity index (χ3v) is 4.18. The summed E-state index contributed by atoms with van der Waals surface area (Å²) in [7, 11) is 0. The molecular weight excluding hydrogens is 276 g/mol. The molecule has 7 nitrogen and oxygen atoms in total. The van der Waals surface area contributed by atoms with E-state index in [0.717, 1.165) is 12.8 Å². The largest absolute Gasteiger partial charge is 0.481 e. The zero-order valence-corrected chi connectivity index (χ0v) is 12.4. The summed E-state index contributed by atoms with van der Waals surface area (Å²) in [5.41, 5.74) is 0. The van der Waals surface area contributed by atoms with Crippen molar-refractivity contribution in [3.63, 3.8) is 0 Å². The van der Waals surface area contributed by atoms with Crippen LogP contribution in [0.2, 0.25) is 0 Å². The second-order valence-electron chi connectivity index (χ2n) is 5.57. The SMILES string of the molecule is CCN(CC(=O)NC1CCOCC1)C1COCC1C(=O)O. The van der Waals surface area contributed by atoms with E-state index in [1.54, 1.807) is 0 Å². The molecule has 21 heavy (non-hydrogen) atoms. The summed E-state index contributed by atoms with van der Waals surface area (Å²) in [6.07, 6.45) is 1.67. The molecule has 0 saturated carbocycles. The number of amides is 1. The number of carboxylic acids is 1. The second kappa shape index (κ2) is 7.72. The van der Waals surface area contributed by atoms with Gasteiger partial charge in [0.05, 0.1) is 25.7 Å². The molecule has 2 N–H and O–H groups in total. The lowest BCUT2D eigenvalue weighted by Gasteiger charge is -2.30. The third-order valence-electron chi connectivity index (χ3n) is 4.18. The van der Waals surface area contributed by atoms with Crippen molar-refractivity contribution in [3.8, 4) is 0 Å². The van der Waals surface area contributed by atoms with E-state index in [-0.39, 0.29) is 31.1 Å². The Morgan fingerprint density at radius 1 is 1.24 bits per heavy atom. The molecule has 7 heteroatoms. The van der Waals surface area contributed by atoms with Crippen molar-refractivity contribution in [1.82, 2.24) is 10.2 Å². The van der Waals surface area contributed by atoms with Gasteiger partial charge in [0.2, 0.25) is 5.91 Å². The van der Waals surface area contributed by atoms with Gasteiger partial charge in [-0.3, -0.25) is 14.5 Å². The van der Waals surface area contributed by atoms with Crippen LogP contribution in [0.15, 0.2) is 0 Å². The number of nitrogens with one attached hydrogen (secondary N) is 1. The lowest BCUT2D eigenvalue weighted by Crippen LogP contribution is -2.49. The molecule has 0 aromatic rings. The molecular formula is C14H24N2O5. The van der Waals surface area contributed by atoms with Gasteiger partial charge in [0, 0.05) is 25.3 Å². The second-order valence-corrected chi connectivity index (χ2v) is 5.57. The van der Waals surface area contributed by atoms with Crippen LogP contribution in [0.3, 0.4) is 0 Å². The highest BCUT2D eigenvalue weighted by molar-refractivity contribution is 5.78. The van der Waals surface area contributed by atoms with Crippen molar-refractivity contribution in [2.24, 2.45) is 5.92 Å². The van der Waals surface area contributed by atoms with E-state index in [1.807, 2.05) is 11.8 Å². The van der Waals surface area contributed by atoms with E-state index in [1.165, 1.54) is 0 Å². The van der Waals surface area contributed by atoms with Gasteiger partial charge in [0.25, 0.3) is 0 Å². The standard InChI is InChI=1S/C14H24N2O5/c1-2-16(12-9-21-8-11(12)14(18)19)7-13(17)15-10-3-5-20-6-4-10/h10-12H,2-9H2,1H3,(H,15,17)(H,18,19). The highest BCUT2D eigenvalue weighted by Crippen LogP contribution is 2.19. The predicted octanol–water partition coefficient (Wildman–Crippen LogP) is -0.297. The van der Waals surface area contributed by atoms with Gasteiger partial charge < -0.3 is 19.9 Å². The first-order chi connectivity index (χ1) is 10.1. The van der Waals surface area contributed by atoms with E-state index >= 15 is 0 Å². The number of aliphatic carboxylic acids is 1. The Kier molecular flexibility index (Phi) is 5.96. The van der Waals surface area contributed by atoms with Gasteiger partial charge in [0.15, 0.2) is 0 Å². The molecule has 0 aromatic heterocycles. The van der Waals surface area contributed by atoms with Gasteiger partial charge in [-0.1, -0.05) is 6.92 Å². The molecule has 2 saturated heterocycles. The Balaban J connectivity index is 1.86. The monoisotopic (exact) mass is 300 g/mol. The van der Waals surface area contributed by atoms with Crippen LogP contribution < -0.4 is 5.32 Å². The molecule has 120 valence electrons. The number of rotatable bonds is 6. The zero-order chi connectivity index (χ0) is 15.2. The van der Waals surface area contributed by atoms with Crippen LogP contribution in [0, 0.1) is 5.92 Å². The van der Waals surface area contributed by atoms with Crippen LogP contribution in [-0.4, -0.2) is 73.5 Å². The topological polar surface area (TPSA) is 88.1 Å². The molecule has 2 fully saturated rings. The molecule has 2 unspecified atom stereocenters. The predicted molar refractivity (Wildman–Crippen MR) is 75.0 cm³/mol. The first-order valence-electron chi connectivity index (χ1n) is 7.53. The Bertz CT molecular complexity index is 370. The van der Waals surface area contributed by atoms with E-state index in [9.17, 15) is 14.7 Å². The summed E-state index contributed by atoms with van der Waals surface area (Å²) in [5.74, 6) is -1.47. The molecule has 0 spiro atoms. The molecule has 2 aliphatic heterocycles. The number of carboxylic acid groups (broad SMARTS) is 1. The fourth-order valence-electron chi connectivity index (χ4n) is 2.90. The Morgan fingerprint density at radius 3 is 2.57 bits per heavy atom. The molecule has 2 rings (SSSR count). The minimum atomic E-state index is -0.860. The van der Waals surface area contributed by atoms with Gasteiger partial charge in [-0.2, -0.15) is 0 Å². The number of ether oxygens (including phenoxy) is 2. The van der Waals surface area contributed by atoms with E-state index < -0.39 is 11.9 Å². The Labute approximate surface area is 124 Å². The molecule has 0 aliphatic carbocycles. The van der Waals surface area contributed by atoms with Crippen LogP contribution in [0.25, 0.3) is 0 Å². The van der Waals surface area contributed by atoms with Crippen LogP contribution in [-0.2, 0) is 19.1 Å². The van der Waals surface area contributed by atoms with Crippen molar-refractivity contribution in [2.45, 2.75) is 31.8 Å². The lowest BCUT2D eigenvalue weighted by molar-refractivity contribution is -0.143. The first-order valence-corrected chi connectivity index (χ1v) is 7.53. The normalized spacial score (nSPS) is 27.0. The van der Waals surface area contributed by atoms with Crippen molar-refractivity contribution in [2.75, 3.05) is 39.5 Å². The molecule has 0 radical (unpaired) electrons. The summed E-state index contributed by atoms with van der Waals surface area (Å²) in [6, 6.07) is -0.0620. The van der Waals surface area contributed by atoms with Crippen molar-refractivity contribution >= 4 is 11.9 Å². The number of nitrogens with zero attached hydrogens (tertiary/aromatic N) is 1.